The molecule has 0 radical (unpaired) electrons. The molecule has 12 aromatic rings. The van der Waals surface area contributed by atoms with Gasteiger partial charge in [-0.1, -0.05) is 139 Å². The van der Waals surface area contributed by atoms with Crippen LogP contribution in [-0.4, -0.2) is 9.97 Å². The Labute approximate surface area is 340 Å². The summed E-state index contributed by atoms with van der Waals surface area (Å²) in [6.07, 6.45) is 0. The Morgan fingerprint density at radius 3 is 1.27 bits per heavy atom. The number of nitrogens with zero attached hydrogens (tertiary/aromatic N) is 2. The summed E-state index contributed by atoms with van der Waals surface area (Å²) < 4.78 is 13.4. The van der Waals surface area contributed by atoms with Gasteiger partial charge in [-0.2, -0.15) is 0 Å². The fraction of sp³-hybridized carbons (Fsp3) is 0.0545. The van der Waals surface area contributed by atoms with Crippen molar-refractivity contribution in [2.24, 2.45) is 0 Å². The second kappa shape index (κ2) is 12.7. The van der Waals surface area contributed by atoms with E-state index >= 15 is 0 Å². The van der Waals surface area contributed by atoms with Crippen LogP contribution in [0.2, 0.25) is 0 Å². The molecule has 9 aromatic carbocycles. The van der Waals surface area contributed by atoms with Crippen LogP contribution >= 0.6 is 0 Å². The summed E-state index contributed by atoms with van der Waals surface area (Å²) >= 11 is 0. The van der Waals surface area contributed by atoms with Gasteiger partial charge in [-0.05, 0) is 84.1 Å². The summed E-state index contributed by atoms with van der Waals surface area (Å²) in [4.78, 5) is 11.5. The molecule has 0 aliphatic heterocycles. The zero-order valence-electron chi connectivity index (χ0n) is 32.8. The van der Waals surface area contributed by atoms with Gasteiger partial charge in [0.2, 0.25) is 0 Å². The van der Waals surface area contributed by atoms with Crippen molar-refractivity contribution in [1.82, 2.24) is 9.97 Å². The van der Waals surface area contributed by atoms with Gasteiger partial charge in [0.15, 0.2) is 0 Å². The highest BCUT2D eigenvalue weighted by Gasteiger charge is 2.23. The molecule has 0 N–H and O–H groups in total. The minimum atomic E-state index is 0.824. The number of hydrogen-bond acceptors (Lipinski definition) is 4. The largest absolute Gasteiger partial charge is 0.455 e. The number of hydrogen-bond donors (Lipinski definition) is 0. The molecule has 0 bridgehead atoms. The topological polar surface area (TPSA) is 52.1 Å². The van der Waals surface area contributed by atoms with Crippen molar-refractivity contribution in [3.63, 3.8) is 0 Å². The first-order chi connectivity index (χ1) is 29.0. The molecule has 3 heterocycles. The highest BCUT2D eigenvalue weighted by Crippen LogP contribution is 2.45. The third-order valence-corrected chi connectivity index (χ3v) is 12.1. The van der Waals surface area contributed by atoms with Crippen LogP contribution in [0.5, 0.6) is 0 Å². The third kappa shape index (κ3) is 5.09. The smallest absolute Gasteiger partial charge is 0.143 e. The van der Waals surface area contributed by atoms with Crippen LogP contribution in [0.4, 0.5) is 0 Å². The molecule has 0 spiro atoms. The number of rotatable bonds is 4. The normalized spacial score (nSPS) is 12.0. The molecule has 0 aliphatic rings. The van der Waals surface area contributed by atoms with Crippen molar-refractivity contribution >= 4 is 76.5 Å². The van der Waals surface area contributed by atoms with E-state index in [9.17, 15) is 0 Å². The number of para-hydroxylation sites is 4. The van der Waals surface area contributed by atoms with Crippen LogP contribution in [0.25, 0.3) is 121 Å². The first-order valence-electron chi connectivity index (χ1n) is 20.1. The Balaban J connectivity index is 1.23. The molecule has 0 atom stereocenters. The fourth-order valence-electron chi connectivity index (χ4n) is 9.61. The lowest BCUT2D eigenvalue weighted by atomic mass is 9.90. The Morgan fingerprint density at radius 2 is 0.763 bits per heavy atom. The van der Waals surface area contributed by atoms with Crippen LogP contribution in [0.3, 0.4) is 0 Å². The minimum Gasteiger partial charge on any atom is -0.455 e. The Morgan fingerprint density at radius 1 is 0.356 bits per heavy atom. The van der Waals surface area contributed by atoms with Gasteiger partial charge in [-0.15, -0.1) is 0 Å². The Kier molecular flexibility index (Phi) is 7.24. The number of fused-ring (bicyclic) bond motifs is 12. The maximum atomic E-state index is 6.68. The molecule has 4 heteroatoms. The lowest BCUT2D eigenvalue weighted by molar-refractivity contribution is 0.670. The highest BCUT2D eigenvalue weighted by molar-refractivity contribution is 6.23. The van der Waals surface area contributed by atoms with Gasteiger partial charge < -0.3 is 8.83 Å². The average Bonchev–Trinajstić information content (AvgIpc) is 3.85. The third-order valence-electron chi connectivity index (χ3n) is 12.1. The SMILES string of the molecule is Cc1cc(C)c(-c2nc3c4ccccc4c4ccccc4c3nc2-c2cc(-c3cccc4c3oc3ccccc34)cc(-c3cccc4c3oc3ccccc34)c2)c(C)c1. The van der Waals surface area contributed by atoms with Crippen molar-refractivity contribution in [2.75, 3.05) is 0 Å². The van der Waals surface area contributed by atoms with Crippen molar-refractivity contribution in [3.8, 4) is 44.8 Å². The van der Waals surface area contributed by atoms with Gasteiger partial charge in [0.05, 0.1) is 22.4 Å². The molecule has 0 saturated carbocycles. The van der Waals surface area contributed by atoms with E-state index < -0.39 is 0 Å². The van der Waals surface area contributed by atoms with Gasteiger partial charge in [0.1, 0.15) is 22.3 Å². The van der Waals surface area contributed by atoms with Crippen molar-refractivity contribution in [3.05, 3.63) is 180 Å². The summed E-state index contributed by atoms with van der Waals surface area (Å²) in [6, 6.07) is 57.9. The number of benzene rings is 9. The van der Waals surface area contributed by atoms with Gasteiger partial charge in [0.25, 0.3) is 0 Å². The predicted molar refractivity (Wildman–Crippen MR) is 245 cm³/mol. The van der Waals surface area contributed by atoms with Gasteiger partial charge in [-0.3, -0.25) is 0 Å². The van der Waals surface area contributed by atoms with Crippen LogP contribution in [0, 0.1) is 20.8 Å². The molecular formula is C55H36N2O2. The summed E-state index contributed by atoms with van der Waals surface area (Å²) in [6.45, 7) is 6.54. The van der Waals surface area contributed by atoms with Gasteiger partial charge in [0, 0.05) is 54.6 Å². The van der Waals surface area contributed by atoms with E-state index in [0.29, 0.717) is 0 Å². The fourth-order valence-corrected chi connectivity index (χ4v) is 9.61. The molecule has 4 nitrogen and oxygen atoms in total. The van der Waals surface area contributed by atoms with Crippen LogP contribution in [-0.2, 0) is 0 Å². The summed E-state index contributed by atoms with van der Waals surface area (Å²) in [7, 11) is 0. The van der Waals surface area contributed by atoms with Gasteiger partial charge >= 0.3 is 0 Å². The maximum absolute atomic E-state index is 6.68. The molecule has 0 unspecified atom stereocenters. The molecule has 0 fully saturated rings. The quantitative estimate of drug-likeness (QED) is 0.168. The van der Waals surface area contributed by atoms with Crippen molar-refractivity contribution in [2.45, 2.75) is 20.8 Å². The van der Waals surface area contributed by atoms with Crippen LogP contribution in [0.15, 0.2) is 173 Å². The maximum Gasteiger partial charge on any atom is 0.143 e. The lowest BCUT2D eigenvalue weighted by Gasteiger charge is -2.19. The highest BCUT2D eigenvalue weighted by atomic mass is 16.3. The second-order valence-corrected chi connectivity index (χ2v) is 15.8. The van der Waals surface area contributed by atoms with Crippen LogP contribution < -0.4 is 0 Å². The summed E-state index contributed by atoms with van der Waals surface area (Å²) in [5.74, 6) is 0. The van der Waals surface area contributed by atoms with E-state index in [1.165, 1.54) is 10.9 Å². The standard InChI is InChI=1S/C55H36N2O2/c1-31-26-32(2)49(33(3)27-31)53-50(56-51-43-18-6-4-14-39(43)40-15-5-7-19-44(40)52(51)57-53)36-29-34(37-20-12-22-45-41-16-8-10-24-47(41)58-54(37)45)28-35(30-36)38-21-13-23-46-42-17-9-11-25-48(42)59-55(38)46/h4-30H,1-3H3. The van der Waals surface area contributed by atoms with E-state index in [2.05, 4.69) is 160 Å². The zero-order valence-corrected chi connectivity index (χ0v) is 32.8. The first kappa shape index (κ1) is 33.6. The molecule has 278 valence electrons. The minimum absolute atomic E-state index is 0.824. The molecule has 0 saturated heterocycles. The molecule has 12 rings (SSSR count). The van der Waals surface area contributed by atoms with E-state index in [1.807, 2.05) is 24.3 Å². The van der Waals surface area contributed by atoms with E-state index in [4.69, 9.17) is 18.8 Å². The number of furan rings is 2. The van der Waals surface area contributed by atoms with Crippen molar-refractivity contribution < 1.29 is 8.83 Å². The van der Waals surface area contributed by atoms with Gasteiger partial charge in [-0.25, -0.2) is 9.97 Å². The molecular weight excluding hydrogens is 721 g/mol. The zero-order chi connectivity index (χ0) is 39.4. The summed E-state index contributed by atoms with van der Waals surface area (Å²) in [5.41, 5.74) is 16.6. The van der Waals surface area contributed by atoms with Crippen LogP contribution in [0.1, 0.15) is 16.7 Å². The number of aryl methyl sites for hydroxylation is 3. The Hall–Kier alpha value is -7.56. The molecule has 3 aromatic heterocycles. The predicted octanol–water partition coefficient (Wildman–Crippen LogP) is 15.3. The molecule has 0 amide bonds. The molecule has 59 heavy (non-hydrogen) atoms. The molecule has 0 aliphatic carbocycles. The van der Waals surface area contributed by atoms with E-state index in [1.54, 1.807) is 0 Å². The Bertz CT molecular complexity index is 3560. The lowest BCUT2D eigenvalue weighted by Crippen LogP contribution is -2.01. The summed E-state index contributed by atoms with van der Waals surface area (Å²) in [5, 5.41) is 8.86. The monoisotopic (exact) mass is 756 g/mol. The van der Waals surface area contributed by atoms with E-state index in [0.717, 1.165) is 127 Å². The second-order valence-electron chi connectivity index (χ2n) is 15.8. The number of aromatic nitrogens is 2. The first-order valence-corrected chi connectivity index (χ1v) is 20.1. The van der Waals surface area contributed by atoms with Crippen molar-refractivity contribution in [1.29, 1.82) is 0 Å². The van der Waals surface area contributed by atoms with E-state index in [-0.39, 0.29) is 0 Å². The average molecular weight is 757 g/mol.